The van der Waals surface area contributed by atoms with Crippen molar-refractivity contribution in [3.8, 4) is 0 Å². The number of hydrogen-bond acceptors (Lipinski definition) is 3. The summed E-state index contributed by atoms with van der Waals surface area (Å²) in [5.74, 6) is 0.242. The molecule has 2 atom stereocenters. The monoisotopic (exact) mass is 299 g/mol. The van der Waals surface area contributed by atoms with Crippen molar-refractivity contribution < 1.29 is 14.6 Å². The molecule has 0 aromatic rings. The quantitative estimate of drug-likeness (QED) is 0.574. The van der Waals surface area contributed by atoms with Gasteiger partial charge in [0.05, 0.1) is 0 Å². The average Bonchev–Trinajstić information content (AvgIpc) is 2.84. The van der Waals surface area contributed by atoms with Crippen molar-refractivity contribution in [2.24, 2.45) is 11.8 Å². The normalized spacial score (nSPS) is 25.6. The molecule has 0 heterocycles. The van der Waals surface area contributed by atoms with Gasteiger partial charge in [0.25, 0.3) is 0 Å². The molecule has 1 rings (SSSR count). The largest absolute Gasteiger partial charge is 0.480 e. The molecule has 0 saturated heterocycles. The Morgan fingerprint density at radius 2 is 2.19 bits per heavy atom. The van der Waals surface area contributed by atoms with Crippen LogP contribution in [0.1, 0.15) is 65.7 Å². The summed E-state index contributed by atoms with van der Waals surface area (Å²) in [6, 6.07) is 0. The summed E-state index contributed by atoms with van der Waals surface area (Å²) < 4.78 is 5.70. The molecule has 1 fully saturated rings. The summed E-state index contributed by atoms with van der Waals surface area (Å²) in [5, 5.41) is 13.0. The first-order chi connectivity index (χ1) is 10.0. The fourth-order valence-electron chi connectivity index (χ4n) is 3.33. The first kappa shape index (κ1) is 18.4. The Morgan fingerprint density at radius 1 is 1.43 bits per heavy atom. The van der Waals surface area contributed by atoms with E-state index < -0.39 is 11.5 Å². The van der Waals surface area contributed by atoms with Crippen LogP contribution < -0.4 is 5.32 Å². The highest BCUT2D eigenvalue weighted by Gasteiger charge is 2.48. The van der Waals surface area contributed by atoms with Crippen LogP contribution in [0.25, 0.3) is 0 Å². The van der Waals surface area contributed by atoms with Gasteiger partial charge in [-0.2, -0.15) is 0 Å². The number of ether oxygens (including phenoxy) is 1. The first-order valence-corrected chi connectivity index (χ1v) is 8.59. The Bertz CT molecular complexity index is 306. The standard InChI is InChI=1S/C17H33NO3/c1-4-11-18-17(16(19)20)10-5-8-15(17)9-13-21-12-6-7-14(2)3/h14-15,18H,4-13H2,1-3H3,(H,19,20). The number of rotatable bonds is 11. The minimum atomic E-state index is -0.711. The molecule has 1 aliphatic carbocycles. The van der Waals surface area contributed by atoms with E-state index in [1.807, 2.05) is 0 Å². The van der Waals surface area contributed by atoms with Crippen LogP contribution in [0.5, 0.6) is 0 Å². The van der Waals surface area contributed by atoms with Crippen molar-refractivity contribution in [2.75, 3.05) is 19.8 Å². The van der Waals surface area contributed by atoms with Crippen molar-refractivity contribution in [2.45, 2.75) is 71.3 Å². The van der Waals surface area contributed by atoms with Crippen molar-refractivity contribution in [3.05, 3.63) is 0 Å². The van der Waals surface area contributed by atoms with Crippen molar-refractivity contribution in [1.82, 2.24) is 5.32 Å². The van der Waals surface area contributed by atoms with Crippen LogP contribution in [0.3, 0.4) is 0 Å². The van der Waals surface area contributed by atoms with Gasteiger partial charge in [0.1, 0.15) is 5.54 Å². The van der Waals surface area contributed by atoms with Crippen LogP contribution >= 0.6 is 0 Å². The lowest BCUT2D eigenvalue weighted by Gasteiger charge is -2.32. The van der Waals surface area contributed by atoms with Crippen LogP contribution in [0.15, 0.2) is 0 Å². The third kappa shape index (κ3) is 5.59. The fourth-order valence-corrected chi connectivity index (χ4v) is 3.33. The second-order valence-electron chi connectivity index (χ2n) is 6.73. The minimum absolute atomic E-state index is 0.201. The Balaban J connectivity index is 2.36. The van der Waals surface area contributed by atoms with Gasteiger partial charge in [-0.05, 0) is 56.9 Å². The summed E-state index contributed by atoms with van der Waals surface area (Å²) >= 11 is 0. The second kappa shape index (κ2) is 9.42. The lowest BCUT2D eigenvalue weighted by atomic mass is 9.84. The molecule has 0 spiro atoms. The maximum Gasteiger partial charge on any atom is 0.324 e. The molecule has 124 valence electrons. The molecule has 21 heavy (non-hydrogen) atoms. The van der Waals surface area contributed by atoms with Crippen LogP contribution in [-0.2, 0) is 9.53 Å². The zero-order valence-corrected chi connectivity index (χ0v) is 14.0. The van der Waals surface area contributed by atoms with E-state index in [2.05, 4.69) is 26.1 Å². The minimum Gasteiger partial charge on any atom is -0.480 e. The third-order valence-electron chi connectivity index (χ3n) is 4.57. The summed E-state index contributed by atoms with van der Waals surface area (Å²) in [7, 11) is 0. The summed E-state index contributed by atoms with van der Waals surface area (Å²) in [5.41, 5.74) is -0.711. The topological polar surface area (TPSA) is 58.6 Å². The van der Waals surface area contributed by atoms with E-state index in [1.54, 1.807) is 0 Å². The third-order valence-corrected chi connectivity index (χ3v) is 4.57. The fraction of sp³-hybridized carbons (Fsp3) is 0.941. The SMILES string of the molecule is CCCNC1(C(=O)O)CCCC1CCOCCCC(C)C. The van der Waals surface area contributed by atoms with Gasteiger partial charge >= 0.3 is 5.97 Å². The Morgan fingerprint density at radius 3 is 2.81 bits per heavy atom. The van der Waals surface area contributed by atoms with Gasteiger partial charge in [0.15, 0.2) is 0 Å². The molecule has 4 nitrogen and oxygen atoms in total. The Kier molecular flexibility index (Phi) is 8.27. The van der Waals surface area contributed by atoms with Gasteiger partial charge in [-0.25, -0.2) is 0 Å². The molecule has 0 bridgehead atoms. The first-order valence-electron chi connectivity index (χ1n) is 8.59. The number of nitrogens with one attached hydrogen (secondary N) is 1. The molecule has 0 radical (unpaired) electrons. The van der Waals surface area contributed by atoms with Gasteiger partial charge < -0.3 is 15.2 Å². The van der Waals surface area contributed by atoms with Crippen LogP contribution in [-0.4, -0.2) is 36.4 Å². The molecular weight excluding hydrogens is 266 g/mol. The highest BCUT2D eigenvalue weighted by Crippen LogP contribution is 2.38. The predicted octanol–water partition coefficient (Wildman–Crippen LogP) is 3.45. The number of carboxylic acid groups (broad SMARTS) is 1. The van der Waals surface area contributed by atoms with E-state index >= 15 is 0 Å². The second-order valence-corrected chi connectivity index (χ2v) is 6.73. The van der Waals surface area contributed by atoms with E-state index in [1.165, 1.54) is 6.42 Å². The number of hydrogen-bond donors (Lipinski definition) is 2. The highest BCUT2D eigenvalue weighted by molar-refractivity contribution is 5.79. The lowest BCUT2D eigenvalue weighted by molar-refractivity contribution is -0.147. The maximum atomic E-state index is 11.7. The molecule has 0 aromatic carbocycles. The summed E-state index contributed by atoms with van der Waals surface area (Å²) in [4.78, 5) is 11.7. The molecule has 0 amide bonds. The van der Waals surface area contributed by atoms with E-state index in [9.17, 15) is 9.90 Å². The molecule has 2 unspecified atom stereocenters. The average molecular weight is 299 g/mol. The number of carboxylic acids is 1. The predicted molar refractivity (Wildman–Crippen MR) is 85.5 cm³/mol. The molecule has 0 aromatic heterocycles. The van der Waals surface area contributed by atoms with Crippen LogP contribution in [0.4, 0.5) is 0 Å². The van der Waals surface area contributed by atoms with Crippen LogP contribution in [0.2, 0.25) is 0 Å². The molecule has 4 heteroatoms. The van der Waals surface area contributed by atoms with Crippen molar-refractivity contribution in [1.29, 1.82) is 0 Å². The summed E-state index contributed by atoms with van der Waals surface area (Å²) in [6.07, 6.45) is 6.86. The van der Waals surface area contributed by atoms with Crippen molar-refractivity contribution >= 4 is 5.97 Å². The maximum absolute atomic E-state index is 11.7. The lowest BCUT2D eigenvalue weighted by Crippen LogP contribution is -2.55. The van der Waals surface area contributed by atoms with E-state index in [0.29, 0.717) is 6.61 Å². The van der Waals surface area contributed by atoms with Gasteiger partial charge in [-0.1, -0.05) is 27.2 Å². The Labute approximate surface area is 129 Å². The molecule has 0 aliphatic heterocycles. The molecule has 1 saturated carbocycles. The van der Waals surface area contributed by atoms with Gasteiger partial charge in [-0.3, -0.25) is 4.79 Å². The Hall–Kier alpha value is -0.610. The molecular formula is C17H33NO3. The smallest absolute Gasteiger partial charge is 0.324 e. The van der Waals surface area contributed by atoms with Crippen molar-refractivity contribution in [3.63, 3.8) is 0 Å². The van der Waals surface area contributed by atoms with Gasteiger partial charge in [0, 0.05) is 13.2 Å². The molecule has 1 aliphatic rings. The van der Waals surface area contributed by atoms with E-state index in [0.717, 1.165) is 57.6 Å². The van der Waals surface area contributed by atoms with Gasteiger partial charge in [0.2, 0.25) is 0 Å². The zero-order chi connectivity index (χ0) is 15.7. The highest BCUT2D eigenvalue weighted by atomic mass is 16.5. The van der Waals surface area contributed by atoms with Gasteiger partial charge in [-0.15, -0.1) is 0 Å². The van der Waals surface area contributed by atoms with E-state index in [4.69, 9.17) is 4.74 Å². The van der Waals surface area contributed by atoms with E-state index in [-0.39, 0.29) is 5.92 Å². The number of aliphatic carboxylic acids is 1. The summed E-state index contributed by atoms with van der Waals surface area (Å²) in [6.45, 7) is 8.78. The molecule has 2 N–H and O–H groups in total. The van der Waals surface area contributed by atoms with Crippen LogP contribution in [0, 0.1) is 11.8 Å². The zero-order valence-electron chi connectivity index (χ0n) is 14.0. The number of carbonyl (C=O) groups is 1.